The van der Waals surface area contributed by atoms with E-state index in [-0.39, 0.29) is 30.4 Å². The van der Waals surface area contributed by atoms with Gasteiger partial charge in [0, 0.05) is 27.6 Å². The summed E-state index contributed by atoms with van der Waals surface area (Å²) in [7, 11) is 0. The van der Waals surface area contributed by atoms with Gasteiger partial charge in [0.25, 0.3) is 0 Å². The van der Waals surface area contributed by atoms with Crippen molar-refractivity contribution in [3.8, 4) is 11.5 Å². The molecular weight excluding hydrogens is 687 g/mol. The van der Waals surface area contributed by atoms with Crippen molar-refractivity contribution in [3.05, 3.63) is 129 Å². The number of hydrogen-bond donors (Lipinski definition) is 1. The van der Waals surface area contributed by atoms with Crippen LogP contribution in [0.2, 0.25) is 10.0 Å². The molecule has 8 rings (SSSR count). The van der Waals surface area contributed by atoms with Gasteiger partial charge in [0.2, 0.25) is 23.6 Å². The van der Waals surface area contributed by atoms with Crippen molar-refractivity contribution in [2.75, 3.05) is 9.80 Å². The first-order chi connectivity index (χ1) is 24.5. The van der Waals surface area contributed by atoms with Gasteiger partial charge in [-0.15, -0.1) is 0 Å². The van der Waals surface area contributed by atoms with Crippen LogP contribution in [0.15, 0.2) is 96.6 Å². The number of nitrogens with zero attached hydrogens (tertiary/aromatic N) is 2. The molecule has 2 aliphatic carbocycles. The zero-order valence-corrected chi connectivity index (χ0v) is 29.4. The molecule has 4 aromatic rings. The molecule has 1 saturated carbocycles. The number of imide groups is 2. The molecule has 51 heavy (non-hydrogen) atoms. The summed E-state index contributed by atoms with van der Waals surface area (Å²) in [6, 6.07) is 24.8. The van der Waals surface area contributed by atoms with Crippen molar-refractivity contribution < 1.29 is 29.0 Å². The number of hydrogen-bond acceptors (Lipinski definition) is 6. The Kier molecular flexibility index (Phi) is 8.27. The normalized spacial score (nSPS) is 25.5. The molecule has 6 unspecified atom stereocenters. The Balaban J connectivity index is 1.20. The summed E-state index contributed by atoms with van der Waals surface area (Å²) in [5.74, 6) is -5.40. The van der Waals surface area contributed by atoms with E-state index >= 15 is 0 Å². The third-order valence-electron chi connectivity index (χ3n) is 11.1. The van der Waals surface area contributed by atoms with Gasteiger partial charge in [-0.3, -0.25) is 19.2 Å². The Bertz CT molecular complexity index is 2170. The number of aromatic hydroxyl groups is 1. The second-order valence-electron chi connectivity index (χ2n) is 13.9. The predicted octanol–water partition coefficient (Wildman–Crippen LogP) is 7.94. The molecule has 0 aromatic heterocycles. The van der Waals surface area contributed by atoms with Gasteiger partial charge in [-0.25, -0.2) is 9.80 Å². The second kappa shape index (κ2) is 12.7. The molecule has 3 fully saturated rings. The Morgan fingerprint density at radius 3 is 1.92 bits per heavy atom. The predicted molar refractivity (Wildman–Crippen MR) is 194 cm³/mol. The number of carbonyl (C=O) groups is 4. The first-order valence-electron chi connectivity index (χ1n) is 17.0. The molecule has 4 amide bonds. The van der Waals surface area contributed by atoms with Crippen molar-refractivity contribution in [1.82, 2.24) is 0 Å². The summed E-state index contributed by atoms with van der Waals surface area (Å²) in [4.78, 5) is 59.5. The van der Waals surface area contributed by atoms with Crippen LogP contribution in [0.4, 0.5) is 11.4 Å². The third-order valence-corrected chi connectivity index (χ3v) is 11.9. The number of rotatable bonds is 6. The van der Waals surface area contributed by atoms with E-state index in [0.717, 1.165) is 22.3 Å². The number of amides is 4. The summed E-state index contributed by atoms with van der Waals surface area (Å²) in [6.07, 6.45) is 2.44. The molecule has 2 heterocycles. The van der Waals surface area contributed by atoms with Gasteiger partial charge in [0.1, 0.15) is 18.1 Å². The SMILES string of the molecule is Cc1ccc(N2C(=O)C3CC=C4C(CC5C(=O)N(c6ccc(C)c(Cl)c6)C(=O)C5C4c4ccc(OCc5ccccc5)cc4O)C3C2=O)cc1Cl. The minimum atomic E-state index is -0.849. The standard InChI is InChI=1S/C41H34Cl2N2O6/c1-21-8-10-24(16-32(21)42)44-38(47)29-15-14-27-30(36(29)40(44)49)19-31-37(41(50)45(39(31)48)25-11-9-22(2)33(43)17-25)35(27)28-13-12-26(18-34(28)46)51-20-23-6-4-3-5-7-23/h3-14,16-18,29-31,35-37,46H,15,19-20H2,1-2H3. The maximum atomic E-state index is 14.5. The van der Waals surface area contributed by atoms with Gasteiger partial charge in [-0.05, 0) is 79.6 Å². The lowest BCUT2D eigenvalue weighted by atomic mass is 9.57. The molecule has 2 saturated heterocycles. The summed E-state index contributed by atoms with van der Waals surface area (Å²) >= 11 is 12.9. The topological polar surface area (TPSA) is 104 Å². The van der Waals surface area contributed by atoms with Gasteiger partial charge in [0.05, 0.1) is 35.0 Å². The van der Waals surface area contributed by atoms with Crippen LogP contribution in [0.5, 0.6) is 11.5 Å². The molecule has 8 nitrogen and oxygen atoms in total. The number of allylic oxidation sites excluding steroid dienone is 2. The largest absolute Gasteiger partial charge is 0.508 e. The highest BCUT2D eigenvalue weighted by Gasteiger charge is 2.62. The molecule has 258 valence electrons. The molecule has 4 aliphatic rings. The van der Waals surface area contributed by atoms with Crippen LogP contribution in [0.1, 0.15) is 41.0 Å². The fourth-order valence-electron chi connectivity index (χ4n) is 8.50. The fourth-order valence-corrected chi connectivity index (χ4v) is 8.85. The van der Waals surface area contributed by atoms with Crippen LogP contribution in [-0.2, 0) is 25.8 Å². The van der Waals surface area contributed by atoms with E-state index in [2.05, 4.69) is 0 Å². The van der Waals surface area contributed by atoms with Gasteiger partial charge in [-0.2, -0.15) is 0 Å². The van der Waals surface area contributed by atoms with Gasteiger partial charge < -0.3 is 9.84 Å². The number of benzene rings is 4. The maximum absolute atomic E-state index is 14.5. The van der Waals surface area contributed by atoms with Crippen LogP contribution < -0.4 is 14.5 Å². The lowest BCUT2D eigenvalue weighted by molar-refractivity contribution is -0.126. The lowest BCUT2D eigenvalue weighted by Gasteiger charge is -2.44. The number of fused-ring (bicyclic) bond motifs is 4. The van der Waals surface area contributed by atoms with E-state index in [4.69, 9.17) is 27.9 Å². The minimum Gasteiger partial charge on any atom is -0.508 e. The van der Waals surface area contributed by atoms with Crippen molar-refractivity contribution in [3.63, 3.8) is 0 Å². The average molecular weight is 722 g/mol. The van der Waals surface area contributed by atoms with Crippen molar-refractivity contribution in [2.24, 2.45) is 29.6 Å². The number of halogens is 2. The van der Waals surface area contributed by atoms with Crippen molar-refractivity contribution in [1.29, 1.82) is 0 Å². The van der Waals surface area contributed by atoms with E-state index in [9.17, 15) is 24.3 Å². The van der Waals surface area contributed by atoms with Crippen LogP contribution in [0, 0.1) is 43.4 Å². The van der Waals surface area contributed by atoms with E-state index in [1.54, 1.807) is 48.5 Å². The van der Waals surface area contributed by atoms with E-state index < -0.39 is 47.3 Å². The molecule has 1 N–H and O–H groups in total. The number of carbonyl (C=O) groups excluding carboxylic acids is 4. The summed E-state index contributed by atoms with van der Waals surface area (Å²) in [5, 5.41) is 12.5. The van der Waals surface area contributed by atoms with Gasteiger partial charge in [0.15, 0.2) is 0 Å². The fraction of sp³-hybridized carbons (Fsp3) is 0.268. The summed E-state index contributed by atoms with van der Waals surface area (Å²) < 4.78 is 5.98. The molecule has 0 bridgehead atoms. The van der Waals surface area contributed by atoms with Gasteiger partial charge >= 0.3 is 0 Å². The zero-order valence-electron chi connectivity index (χ0n) is 27.9. The minimum absolute atomic E-state index is 0.0881. The smallest absolute Gasteiger partial charge is 0.238 e. The Hall–Kier alpha value is -4.92. The maximum Gasteiger partial charge on any atom is 0.238 e. The van der Waals surface area contributed by atoms with Crippen LogP contribution in [0.3, 0.4) is 0 Å². The molecule has 2 aliphatic heterocycles. The van der Waals surface area contributed by atoms with Gasteiger partial charge in [-0.1, -0.05) is 83.4 Å². The summed E-state index contributed by atoms with van der Waals surface area (Å²) in [6.45, 7) is 3.98. The monoisotopic (exact) mass is 720 g/mol. The molecule has 0 spiro atoms. The average Bonchev–Trinajstić information content (AvgIpc) is 3.53. The molecule has 10 heteroatoms. The first kappa shape index (κ1) is 33.2. The Morgan fingerprint density at radius 2 is 1.31 bits per heavy atom. The highest BCUT2D eigenvalue weighted by Crippen LogP contribution is 2.59. The number of phenolic OH excluding ortho intramolecular Hbond substituents is 1. The summed E-state index contributed by atoms with van der Waals surface area (Å²) in [5.41, 5.74) is 4.59. The van der Waals surface area contributed by atoms with E-state index in [1.165, 1.54) is 15.9 Å². The van der Waals surface area contributed by atoms with Crippen LogP contribution in [0.25, 0.3) is 0 Å². The third kappa shape index (κ3) is 5.43. The number of ether oxygens (including phenoxy) is 1. The number of anilines is 2. The molecule has 0 radical (unpaired) electrons. The quantitative estimate of drug-likeness (QED) is 0.160. The second-order valence-corrected chi connectivity index (χ2v) is 14.7. The van der Waals surface area contributed by atoms with Crippen LogP contribution >= 0.6 is 23.2 Å². The first-order valence-corrected chi connectivity index (χ1v) is 17.8. The van der Waals surface area contributed by atoms with Crippen molar-refractivity contribution >= 4 is 58.2 Å². The Morgan fingerprint density at radius 1 is 0.706 bits per heavy atom. The Labute approximate surface area is 305 Å². The van der Waals surface area contributed by atoms with Crippen LogP contribution in [-0.4, -0.2) is 28.7 Å². The molecule has 4 aromatic carbocycles. The van der Waals surface area contributed by atoms with Crippen molar-refractivity contribution in [2.45, 2.75) is 39.2 Å². The molecular formula is C41H34Cl2N2O6. The number of phenols is 1. The molecule has 6 atom stereocenters. The zero-order chi connectivity index (χ0) is 35.7. The highest BCUT2D eigenvalue weighted by molar-refractivity contribution is 6.33. The number of aryl methyl sites for hydroxylation is 2. The van der Waals surface area contributed by atoms with E-state index in [1.807, 2.05) is 50.3 Å². The highest BCUT2D eigenvalue weighted by atomic mass is 35.5. The van der Waals surface area contributed by atoms with E-state index in [0.29, 0.717) is 39.3 Å². The lowest BCUT2D eigenvalue weighted by Crippen LogP contribution is -2.43.